The molecule has 7 heteroatoms. The standard InChI is InChI=1S/C15H16O2.C7H9O4P/c1-15(2,11-3-7-13(16)8-4-11)12-5-9-14(17)10-6-12;1-6-2-4-7(5-3-6)11-12(8,9)10/h3-10,16-17H,1-2H3;2-5H,1H3,(H2,8,9,10). The summed E-state index contributed by atoms with van der Waals surface area (Å²) in [5, 5.41) is 18.6. The van der Waals surface area contributed by atoms with Gasteiger partial charge in [-0.25, -0.2) is 4.57 Å². The fourth-order valence-electron chi connectivity index (χ4n) is 2.66. The number of aromatic hydroxyl groups is 2. The molecule has 0 bridgehead atoms. The fourth-order valence-corrected chi connectivity index (χ4v) is 3.06. The molecule has 0 aliphatic rings. The zero-order valence-corrected chi connectivity index (χ0v) is 17.4. The van der Waals surface area contributed by atoms with Crippen LogP contribution in [0, 0.1) is 6.92 Å². The highest BCUT2D eigenvalue weighted by atomic mass is 31.2. The molecule has 0 saturated heterocycles. The second-order valence-corrected chi connectivity index (χ2v) is 8.28. The minimum Gasteiger partial charge on any atom is -0.508 e. The van der Waals surface area contributed by atoms with Crippen molar-refractivity contribution in [1.29, 1.82) is 0 Å². The highest BCUT2D eigenvalue weighted by Crippen LogP contribution is 2.37. The smallest absolute Gasteiger partial charge is 0.508 e. The molecule has 29 heavy (non-hydrogen) atoms. The van der Waals surface area contributed by atoms with Crippen molar-refractivity contribution >= 4 is 7.82 Å². The number of phenolic OH excluding ortho intramolecular Hbond substituents is 2. The minimum atomic E-state index is -4.40. The summed E-state index contributed by atoms with van der Waals surface area (Å²) in [5.74, 6) is 0.722. The Morgan fingerprint density at radius 3 is 1.45 bits per heavy atom. The van der Waals surface area contributed by atoms with Crippen LogP contribution in [0.5, 0.6) is 17.2 Å². The normalized spacial score (nSPS) is 11.3. The maximum Gasteiger partial charge on any atom is 0.524 e. The lowest BCUT2D eigenvalue weighted by Gasteiger charge is -2.26. The Balaban J connectivity index is 0.000000221. The number of hydrogen-bond acceptors (Lipinski definition) is 4. The Morgan fingerprint density at radius 1 is 0.724 bits per heavy atom. The third-order valence-electron chi connectivity index (χ3n) is 4.42. The van der Waals surface area contributed by atoms with Gasteiger partial charge in [-0.15, -0.1) is 0 Å². The predicted octanol–water partition coefficient (Wildman–Crippen LogP) is 4.89. The molecule has 154 valence electrons. The molecular formula is C22H25O6P. The van der Waals surface area contributed by atoms with Gasteiger partial charge in [-0.1, -0.05) is 55.8 Å². The molecule has 0 saturated carbocycles. The van der Waals surface area contributed by atoms with Crippen molar-refractivity contribution < 1.29 is 29.1 Å². The van der Waals surface area contributed by atoms with Gasteiger partial charge in [0.05, 0.1) is 0 Å². The average molecular weight is 416 g/mol. The first-order valence-corrected chi connectivity index (χ1v) is 10.4. The van der Waals surface area contributed by atoms with Crippen molar-refractivity contribution in [2.24, 2.45) is 0 Å². The summed E-state index contributed by atoms with van der Waals surface area (Å²) in [7, 11) is -4.40. The Bertz CT molecular complexity index is 910. The molecule has 0 aliphatic heterocycles. The fraction of sp³-hybridized carbons (Fsp3) is 0.182. The van der Waals surface area contributed by atoms with Gasteiger partial charge in [0.25, 0.3) is 0 Å². The number of benzene rings is 3. The van der Waals surface area contributed by atoms with Gasteiger partial charge in [0.1, 0.15) is 17.2 Å². The van der Waals surface area contributed by atoms with Gasteiger partial charge in [0, 0.05) is 5.41 Å². The maximum atomic E-state index is 10.4. The number of rotatable bonds is 4. The van der Waals surface area contributed by atoms with Crippen molar-refractivity contribution in [1.82, 2.24) is 0 Å². The minimum absolute atomic E-state index is 0.151. The van der Waals surface area contributed by atoms with Gasteiger partial charge < -0.3 is 14.7 Å². The van der Waals surface area contributed by atoms with E-state index in [-0.39, 0.29) is 22.7 Å². The van der Waals surface area contributed by atoms with E-state index in [0.29, 0.717) is 0 Å². The SMILES string of the molecule is CC(C)(c1ccc(O)cc1)c1ccc(O)cc1.Cc1ccc(OP(=O)(O)O)cc1. The molecule has 3 aromatic carbocycles. The van der Waals surface area contributed by atoms with Crippen LogP contribution in [0.2, 0.25) is 0 Å². The summed E-state index contributed by atoms with van der Waals surface area (Å²) in [5.41, 5.74) is 3.11. The molecule has 3 rings (SSSR count). The first-order chi connectivity index (χ1) is 13.5. The molecule has 0 heterocycles. The van der Waals surface area contributed by atoms with E-state index in [2.05, 4.69) is 18.4 Å². The largest absolute Gasteiger partial charge is 0.524 e. The molecule has 0 atom stereocenters. The number of phosphoric acid groups is 1. The van der Waals surface area contributed by atoms with Crippen LogP contribution in [0.4, 0.5) is 0 Å². The van der Waals surface area contributed by atoms with Gasteiger partial charge in [-0.2, -0.15) is 0 Å². The quantitative estimate of drug-likeness (QED) is 0.451. The Labute approximate surface area is 170 Å². The molecule has 3 aromatic rings. The maximum absolute atomic E-state index is 10.4. The molecule has 0 unspecified atom stereocenters. The van der Waals surface area contributed by atoms with Crippen LogP contribution < -0.4 is 4.52 Å². The van der Waals surface area contributed by atoms with Crippen LogP contribution >= 0.6 is 7.82 Å². The van der Waals surface area contributed by atoms with Crippen LogP contribution in [0.15, 0.2) is 72.8 Å². The van der Waals surface area contributed by atoms with E-state index in [9.17, 15) is 14.8 Å². The van der Waals surface area contributed by atoms with Crippen molar-refractivity contribution in [3.05, 3.63) is 89.5 Å². The molecule has 6 nitrogen and oxygen atoms in total. The predicted molar refractivity (Wildman–Crippen MR) is 112 cm³/mol. The summed E-state index contributed by atoms with van der Waals surface area (Å²) in [6, 6.07) is 20.9. The van der Waals surface area contributed by atoms with Crippen molar-refractivity contribution in [3.63, 3.8) is 0 Å². The van der Waals surface area contributed by atoms with Crippen molar-refractivity contribution in [3.8, 4) is 17.2 Å². The Hall–Kier alpha value is -2.79. The second kappa shape index (κ2) is 9.14. The lowest BCUT2D eigenvalue weighted by molar-refractivity contribution is 0.283. The van der Waals surface area contributed by atoms with Crippen LogP contribution in [-0.4, -0.2) is 20.0 Å². The highest BCUT2D eigenvalue weighted by Gasteiger charge is 2.22. The van der Waals surface area contributed by atoms with E-state index < -0.39 is 7.82 Å². The second-order valence-electron chi connectivity index (χ2n) is 7.11. The van der Waals surface area contributed by atoms with Crippen LogP contribution in [0.25, 0.3) is 0 Å². The van der Waals surface area contributed by atoms with E-state index in [0.717, 1.165) is 16.7 Å². The molecule has 0 aromatic heterocycles. The summed E-state index contributed by atoms with van der Waals surface area (Å²) in [6.07, 6.45) is 0. The van der Waals surface area contributed by atoms with E-state index in [1.165, 1.54) is 12.1 Å². The van der Waals surface area contributed by atoms with Gasteiger partial charge in [0.2, 0.25) is 0 Å². The molecule has 0 spiro atoms. The zero-order chi connectivity index (χ0) is 21.7. The van der Waals surface area contributed by atoms with Crippen LogP contribution in [0.1, 0.15) is 30.5 Å². The molecular weight excluding hydrogens is 391 g/mol. The average Bonchev–Trinajstić information content (AvgIpc) is 2.64. The lowest BCUT2D eigenvalue weighted by atomic mass is 9.78. The highest BCUT2D eigenvalue weighted by molar-refractivity contribution is 7.46. The number of hydrogen-bond donors (Lipinski definition) is 4. The Kier molecular flexibility index (Phi) is 7.09. The van der Waals surface area contributed by atoms with Crippen molar-refractivity contribution in [2.45, 2.75) is 26.2 Å². The van der Waals surface area contributed by atoms with Gasteiger partial charge in [-0.05, 0) is 54.4 Å². The van der Waals surface area contributed by atoms with Gasteiger partial charge in [-0.3, -0.25) is 9.79 Å². The van der Waals surface area contributed by atoms with Gasteiger partial charge >= 0.3 is 7.82 Å². The van der Waals surface area contributed by atoms with E-state index in [4.69, 9.17) is 9.79 Å². The molecule has 0 radical (unpaired) electrons. The van der Waals surface area contributed by atoms with Crippen LogP contribution in [0.3, 0.4) is 0 Å². The summed E-state index contributed by atoms with van der Waals surface area (Å²) in [6.45, 7) is 6.11. The topological polar surface area (TPSA) is 107 Å². The van der Waals surface area contributed by atoms with E-state index in [1.807, 2.05) is 31.2 Å². The van der Waals surface area contributed by atoms with E-state index >= 15 is 0 Å². The summed E-state index contributed by atoms with van der Waals surface area (Å²) >= 11 is 0. The van der Waals surface area contributed by atoms with Crippen molar-refractivity contribution in [2.75, 3.05) is 0 Å². The molecule has 4 N–H and O–H groups in total. The van der Waals surface area contributed by atoms with Crippen LogP contribution in [-0.2, 0) is 9.98 Å². The number of aryl methyl sites for hydroxylation is 1. The Morgan fingerprint density at radius 2 is 1.10 bits per heavy atom. The monoisotopic (exact) mass is 416 g/mol. The molecule has 0 aliphatic carbocycles. The third kappa shape index (κ3) is 6.95. The first-order valence-electron chi connectivity index (χ1n) is 8.88. The first kappa shape index (κ1) is 22.5. The van der Waals surface area contributed by atoms with E-state index in [1.54, 1.807) is 36.4 Å². The molecule has 0 amide bonds. The lowest BCUT2D eigenvalue weighted by Crippen LogP contribution is -2.18. The third-order valence-corrected chi connectivity index (χ3v) is 4.87. The summed E-state index contributed by atoms with van der Waals surface area (Å²) in [4.78, 5) is 16.9. The van der Waals surface area contributed by atoms with Gasteiger partial charge in [0.15, 0.2) is 0 Å². The molecule has 0 fully saturated rings. The number of phenols is 2. The number of phosphoric ester groups is 1. The zero-order valence-electron chi connectivity index (χ0n) is 16.5. The summed E-state index contributed by atoms with van der Waals surface area (Å²) < 4.78 is 14.7.